The van der Waals surface area contributed by atoms with Gasteiger partial charge in [-0.3, -0.25) is 0 Å². The highest BCUT2D eigenvalue weighted by atomic mass is 16.4. The topological polar surface area (TPSA) is 139 Å². The van der Waals surface area contributed by atoms with Gasteiger partial charge in [0.25, 0.3) is 0 Å². The van der Waals surface area contributed by atoms with Gasteiger partial charge in [0.05, 0.1) is 0 Å². The molecule has 7 N–H and O–H groups in total. The molecule has 0 aromatic rings. The van der Waals surface area contributed by atoms with E-state index in [1.54, 1.807) is 0 Å². The second-order valence-electron chi connectivity index (χ2n) is 2.13. The van der Waals surface area contributed by atoms with E-state index in [1.807, 2.05) is 0 Å². The van der Waals surface area contributed by atoms with Crippen molar-refractivity contribution in [3.8, 4) is 0 Å². The van der Waals surface area contributed by atoms with Gasteiger partial charge in [-0.05, 0) is 25.9 Å². The lowest BCUT2D eigenvalue weighted by molar-refractivity contribution is 0.204. The molecule has 0 aliphatic carbocycles. The first-order valence-electron chi connectivity index (χ1n) is 3.64. The Bertz CT molecular complexity index is 119. The molecule has 2 amide bonds. The Hall–Kier alpha value is -1.50. The summed E-state index contributed by atoms with van der Waals surface area (Å²) in [5, 5.41) is 17.6. The lowest BCUT2D eigenvalue weighted by atomic mass is 10.4. The normalized spacial score (nSPS) is 12.9. The summed E-state index contributed by atoms with van der Waals surface area (Å²) in [5.41, 5.74) is 8.06. The number of nitrogens with one attached hydrogen (secondary N) is 1. The maximum Gasteiger partial charge on any atom is 0.402 e. The zero-order chi connectivity index (χ0) is 10.7. The molecule has 7 nitrogen and oxygen atoms in total. The summed E-state index contributed by atoms with van der Waals surface area (Å²) in [6.45, 7) is 2.50. The molecular formula is C6H15N3O4. The van der Waals surface area contributed by atoms with Crippen LogP contribution >= 0.6 is 0 Å². The van der Waals surface area contributed by atoms with E-state index in [2.05, 4.69) is 16.8 Å². The molecule has 1 fully saturated rings. The predicted octanol–water partition coefficient (Wildman–Crippen LogP) is -0.384. The highest BCUT2D eigenvalue weighted by Crippen LogP contribution is 1.90. The molecule has 78 valence electrons. The van der Waals surface area contributed by atoms with Gasteiger partial charge in [0, 0.05) is 0 Å². The molecular weight excluding hydrogens is 178 g/mol. The summed E-state index contributed by atoms with van der Waals surface area (Å²) in [7, 11) is 0. The number of carboxylic acid groups (broad SMARTS) is 2. The maximum atomic E-state index is 8.78. The Morgan fingerprint density at radius 2 is 1.23 bits per heavy atom. The van der Waals surface area contributed by atoms with Crippen LogP contribution in [0.4, 0.5) is 9.59 Å². The smallest absolute Gasteiger partial charge is 0.402 e. The number of nitrogens with two attached hydrogens (primary N) is 2. The minimum atomic E-state index is -1.33. The van der Waals surface area contributed by atoms with Crippen LogP contribution in [0.5, 0.6) is 0 Å². The first-order valence-corrected chi connectivity index (χ1v) is 3.64. The second-order valence-corrected chi connectivity index (χ2v) is 2.13. The summed E-state index contributed by atoms with van der Waals surface area (Å²) in [5.74, 6) is 0. The van der Waals surface area contributed by atoms with E-state index in [0.717, 1.165) is 0 Å². The zero-order valence-electron chi connectivity index (χ0n) is 7.19. The van der Waals surface area contributed by atoms with Crippen LogP contribution in [-0.4, -0.2) is 35.5 Å². The number of rotatable bonds is 0. The van der Waals surface area contributed by atoms with E-state index in [1.165, 1.54) is 25.9 Å². The van der Waals surface area contributed by atoms with Gasteiger partial charge in [-0.2, -0.15) is 0 Å². The van der Waals surface area contributed by atoms with Crippen LogP contribution in [-0.2, 0) is 0 Å². The highest BCUT2D eigenvalue weighted by molar-refractivity contribution is 5.61. The van der Waals surface area contributed by atoms with Crippen LogP contribution in [0.2, 0.25) is 0 Å². The van der Waals surface area contributed by atoms with E-state index in [9.17, 15) is 0 Å². The van der Waals surface area contributed by atoms with Gasteiger partial charge in [-0.25, -0.2) is 9.59 Å². The summed E-state index contributed by atoms with van der Waals surface area (Å²) in [6.07, 6.45) is 0.111. The largest absolute Gasteiger partial charge is 0.465 e. The van der Waals surface area contributed by atoms with Gasteiger partial charge >= 0.3 is 12.2 Å². The Morgan fingerprint density at radius 1 is 1.00 bits per heavy atom. The summed E-state index contributed by atoms with van der Waals surface area (Å²) < 4.78 is 0. The van der Waals surface area contributed by atoms with Crippen LogP contribution in [0, 0.1) is 0 Å². The van der Waals surface area contributed by atoms with Crippen molar-refractivity contribution in [1.82, 2.24) is 5.32 Å². The third-order valence-electron chi connectivity index (χ3n) is 0.957. The van der Waals surface area contributed by atoms with Crippen molar-refractivity contribution in [3.05, 3.63) is 0 Å². The molecule has 1 saturated heterocycles. The molecule has 1 aliphatic rings. The average molecular weight is 193 g/mol. The lowest BCUT2D eigenvalue weighted by Crippen LogP contribution is -2.03. The van der Waals surface area contributed by atoms with Gasteiger partial charge in [0.1, 0.15) is 0 Å². The molecule has 0 aromatic heterocycles. The monoisotopic (exact) mass is 193 g/mol. The van der Waals surface area contributed by atoms with E-state index in [0.29, 0.717) is 0 Å². The predicted molar refractivity (Wildman–Crippen MR) is 46.5 cm³/mol. The molecule has 1 aliphatic heterocycles. The van der Waals surface area contributed by atoms with Gasteiger partial charge in [-0.15, -0.1) is 0 Å². The number of primary amides is 2. The molecule has 7 heteroatoms. The van der Waals surface area contributed by atoms with Gasteiger partial charge in [0.15, 0.2) is 0 Å². The standard InChI is InChI=1S/C4H9N.2CH3NO2/c1-2-4-5-3-1;2*2-1(3)4/h5H,1-4H2;2*2H2,(H,3,4). The Balaban J connectivity index is 0. The van der Waals surface area contributed by atoms with Crippen LogP contribution in [0.25, 0.3) is 0 Å². The quantitative estimate of drug-likeness (QED) is 0.356. The van der Waals surface area contributed by atoms with Crippen molar-refractivity contribution < 1.29 is 19.8 Å². The first kappa shape index (κ1) is 14.0. The molecule has 0 saturated carbocycles. The highest BCUT2D eigenvalue weighted by Gasteiger charge is 1.93. The number of carbonyl (C=O) groups is 2. The molecule has 0 bridgehead atoms. The molecule has 0 atom stereocenters. The van der Waals surface area contributed by atoms with E-state index in [-0.39, 0.29) is 0 Å². The Kier molecular flexibility index (Phi) is 11.3. The Morgan fingerprint density at radius 3 is 1.31 bits per heavy atom. The maximum absolute atomic E-state index is 8.78. The first-order chi connectivity index (χ1) is 5.96. The Labute approximate surface area is 75.7 Å². The molecule has 13 heavy (non-hydrogen) atoms. The van der Waals surface area contributed by atoms with Crippen LogP contribution < -0.4 is 16.8 Å². The SMILES string of the molecule is C1CCNC1.NC(=O)O.NC(=O)O. The van der Waals surface area contributed by atoms with E-state index in [4.69, 9.17) is 19.8 Å². The molecule has 0 spiro atoms. The van der Waals surface area contributed by atoms with Gasteiger partial charge < -0.3 is 27.0 Å². The lowest BCUT2D eigenvalue weighted by Gasteiger charge is -1.76. The molecule has 0 aromatic carbocycles. The van der Waals surface area contributed by atoms with Crippen molar-refractivity contribution in [1.29, 1.82) is 0 Å². The number of amides is 2. The van der Waals surface area contributed by atoms with E-state index < -0.39 is 12.2 Å². The van der Waals surface area contributed by atoms with Crippen molar-refractivity contribution in [2.45, 2.75) is 12.8 Å². The van der Waals surface area contributed by atoms with Crippen molar-refractivity contribution in [3.63, 3.8) is 0 Å². The summed E-state index contributed by atoms with van der Waals surface area (Å²) in [4.78, 5) is 17.6. The van der Waals surface area contributed by atoms with Crippen LogP contribution in [0.3, 0.4) is 0 Å². The molecule has 1 rings (SSSR count). The van der Waals surface area contributed by atoms with Crippen LogP contribution in [0.1, 0.15) is 12.8 Å². The average Bonchev–Trinajstić information content (AvgIpc) is 2.35. The number of hydrogen-bond acceptors (Lipinski definition) is 3. The van der Waals surface area contributed by atoms with Gasteiger partial charge in [0.2, 0.25) is 0 Å². The fourth-order valence-electron chi connectivity index (χ4n) is 0.625. The second kappa shape index (κ2) is 10.5. The van der Waals surface area contributed by atoms with Crippen molar-refractivity contribution in [2.75, 3.05) is 13.1 Å². The minimum absolute atomic E-state index is 1.25. The molecule has 1 heterocycles. The summed E-state index contributed by atoms with van der Waals surface area (Å²) >= 11 is 0. The zero-order valence-corrected chi connectivity index (χ0v) is 7.19. The molecule has 0 unspecified atom stereocenters. The number of hydrogen-bond donors (Lipinski definition) is 5. The third-order valence-corrected chi connectivity index (χ3v) is 0.957. The van der Waals surface area contributed by atoms with Crippen molar-refractivity contribution in [2.24, 2.45) is 11.5 Å². The fraction of sp³-hybridized carbons (Fsp3) is 0.667. The molecule has 0 radical (unpaired) electrons. The minimum Gasteiger partial charge on any atom is -0.465 e. The van der Waals surface area contributed by atoms with Gasteiger partial charge in [-0.1, -0.05) is 0 Å². The van der Waals surface area contributed by atoms with E-state index >= 15 is 0 Å². The van der Waals surface area contributed by atoms with Crippen molar-refractivity contribution >= 4 is 12.2 Å². The third kappa shape index (κ3) is 61.9. The fourth-order valence-corrected chi connectivity index (χ4v) is 0.625. The van der Waals surface area contributed by atoms with Crippen LogP contribution in [0.15, 0.2) is 0 Å². The summed E-state index contributed by atoms with van der Waals surface area (Å²) in [6, 6.07) is 0.